The number of carbonyl (C=O) groups excluding carboxylic acids is 9. The molecule has 13 N–H and O–H groups in total. The van der Waals surface area contributed by atoms with Crippen molar-refractivity contribution in [3.8, 4) is 0 Å². The lowest BCUT2D eigenvalue weighted by Gasteiger charge is -2.21. The SMILES string of the molecule is C[C@H](NC(=O)C(CCCO)CC(=O)NO)C(=O)N[C@@H](C)C(=O)NCC(=O)NCC(=O)N[C@@H](CCCCNC(=O)CCCC[C@@H]1SC[C@@H]2NC(=O)N[C@@H]21)C(N)=O. The van der Waals surface area contributed by atoms with Gasteiger partial charge in [0.15, 0.2) is 0 Å². The van der Waals surface area contributed by atoms with Crippen molar-refractivity contribution < 1.29 is 53.5 Å². The number of hydrogen-bond donors (Lipinski definition) is 12. The van der Waals surface area contributed by atoms with Crippen LogP contribution in [0.3, 0.4) is 0 Å². The van der Waals surface area contributed by atoms with Gasteiger partial charge in [0, 0.05) is 42.9 Å². The van der Waals surface area contributed by atoms with Crippen LogP contribution in [0.4, 0.5) is 4.79 Å². The van der Waals surface area contributed by atoms with Crippen molar-refractivity contribution in [2.24, 2.45) is 11.7 Å². The van der Waals surface area contributed by atoms with Crippen LogP contribution < -0.4 is 53.7 Å². The quantitative estimate of drug-likeness (QED) is 0.0176. The maximum Gasteiger partial charge on any atom is 0.315 e. The van der Waals surface area contributed by atoms with Gasteiger partial charge in [-0.1, -0.05) is 6.42 Å². The second-order valence-electron chi connectivity index (χ2n) is 13.5. The maximum absolute atomic E-state index is 12.6. The van der Waals surface area contributed by atoms with Gasteiger partial charge in [-0.15, -0.1) is 0 Å². The molecule has 2 saturated heterocycles. The number of hydrogen-bond acceptors (Lipinski definition) is 12. The fourth-order valence-electron chi connectivity index (χ4n) is 5.89. The van der Waals surface area contributed by atoms with Crippen molar-refractivity contribution >= 4 is 65.1 Å². The van der Waals surface area contributed by atoms with Gasteiger partial charge in [0.2, 0.25) is 47.3 Å². The fraction of sp³-hybridized carbons (Fsp3) is 0.727. The largest absolute Gasteiger partial charge is 0.396 e. The minimum Gasteiger partial charge on any atom is -0.396 e. The molecule has 2 aliphatic heterocycles. The van der Waals surface area contributed by atoms with E-state index >= 15 is 0 Å². The topological polar surface area (TPSA) is 328 Å². The van der Waals surface area contributed by atoms with Gasteiger partial charge in [0.05, 0.1) is 25.2 Å². The molecule has 310 valence electrons. The summed E-state index contributed by atoms with van der Waals surface area (Å²) in [5.41, 5.74) is 6.85. The van der Waals surface area contributed by atoms with E-state index in [2.05, 4.69) is 42.5 Å². The predicted octanol–water partition coefficient (Wildman–Crippen LogP) is -3.51. The van der Waals surface area contributed by atoms with Gasteiger partial charge in [-0.05, 0) is 58.8 Å². The first-order valence-corrected chi connectivity index (χ1v) is 19.4. The van der Waals surface area contributed by atoms with Crippen LogP contribution in [0.5, 0.6) is 0 Å². The molecule has 0 aromatic rings. The Morgan fingerprint density at radius 3 is 2.16 bits per heavy atom. The molecular formula is C33H56N10O11S. The standard InChI is InChI=1S/C33H56N10O11S/c1-18(38-31(51)19(2)39-32(52)20(8-7-13-44)14-25(46)43-54)30(50)37-15-26(47)36-16-27(48)40-21(29(34)49)9-5-6-12-35-24(45)11-4-3-10-23-28-22(17-55-23)41-33(53)42-28/h18-23,28,44,54H,3-17H2,1-2H3,(H2,34,49)(H,35,45)(H,36,47)(H,37,50)(H,38,51)(H,39,52)(H,40,48)(H,43,46)(H2,41,42,53)/t18-,19-,20?,21-,22-,23-,28-/m0/s1. The zero-order valence-corrected chi connectivity index (χ0v) is 32.0. The minimum atomic E-state index is -1.13. The maximum atomic E-state index is 12.6. The smallest absolute Gasteiger partial charge is 0.315 e. The summed E-state index contributed by atoms with van der Waals surface area (Å²) in [4.78, 5) is 109. The first-order valence-electron chi connectivity index (χ1n) is 18.4. The molecule has 2 fully saturated rings. The van der Waals surface area contributed by atoms with E-state index in [1.807, 2.05) is 11.8 Å². The monoisotopic (exact) mass is 800 g/mol. The van der Waals surface area contributed by atoms with Crippen LogP contribution in [-0.2, 0) is 38.4 Å². The third kappa shape index (κ3) is 17.5. The number of rotatable bonds is 26. The van der Waals surface area contributed by atoms with Crippen LogP contribution in [0, 0.1) is 5.92 Å². The number of fused-ring (bicyclic) bond motifs is 1. The first-order chi connectivity index (χ1) is 26.1. The molecule has 1 unspecified atom stereocenters. The predicted molar refractivity (Wildman–Crippen MR) is 198 cm³/mol. The number of hydroxylamine groups is 1. The third-order valence-electron chi connectivity index (χ3n) is 9.01. The normalized spacial score (nSPS) is 19.2. The van der Waals surface area contributed by atoms with E-state index in [4.69, 9.17) is 16.0 Å². The van der Waals surface area contributed by atoms with E-state index < -0.39 is 78.5 Å². The van der Waals surface area contributed by atoms with E-state index in [1.54, 1.807) is 0 Å². The molecule has 22 heteroatoms. The molecule has 0 aliphatic carbocycles. The molecule has 0 saturated carbocycles. The van der Waals surface area contributed by atoms with Gasteiger partial charge < -0.3 is 53.4 Å². The lowest BCUT2D eigenvalue weighted by atomic mass is 9.97. The van der Waals surface area contributed by atoms with Crippen molar-refractivity contribution in [1.82, 2.24) is 48.0 Å². The molecule has 7 atom stereocenters. The Bertz CT molecular complexity index is 1370. The summed E-state index contributed by atoms with van der Waals surface area (Å²) >= 11 is 1.83. The van der Waals surface area contributed by atoms with Crippen molar-refractivity contribution in [2.75, 3.05) is 32.0 Å². The summed E-state index contributed by atoms with van der Waals surface area (Å²) in [6, 6.07) is -3.07. The van der Waals surface area contributed by atoms with Gasteiger partial charge in [-0.2, -0.15) is 11.8 Å². The van der Waals surface area contributed by atoms with Crippen molar-refractivity contribution in [2.45, 2.75) is 114 Å². The average molecular weight is 801 g/mol. The Morgan fingerprint density at radius 1 is 0.782 bits per heavy atom. The highest BCUT2D eigenvalue weighted by molar-refractivity contribution is 8.00. The van der Waals surface area contributed by atoms with Gasteiger partial charge in [0.25, 0.3) is 0 Å². The molecule has 0 aromatic carbocycles. The average Bonchev–Trinajstić information content (AvgIpc) is 3.70. The zero-order valence-electron chi connectivity index (χ0n) is 31.2. The molecular weight excluding hydrogens is 744 g/mol. The fourth-order valence-corrected chi connectivity index (χ4v) is 7.43. The van der Waals surface area contributed by atoms with Crippen LogP contribution in [0.25, 0.3) is 0 Å². The summed E-state index contributed by atoms with van der Waals surface area (Å²) in [7, 11) is 0. The van der Waals surface area contributed by atoms with Crippen LogP contribution in [0.2, 0.25) is 0 Å². The number of unbranched alkanes of at least 4 members (excludes halogenated alkanes) is 2. The number of amides is 10. The Hall–Kier alpha value is -4.70. The Labute approximate surface area is 323 Å². The summed E-state index contributed by atoms with van der Waals surface area (Å²) in [6.45, 7) is 1.79. The number of carbonyl (C=O) groups is 9. The number of aliphatic hydroxyl groups excluding tert-OH is 1. The number of nitrogens with one attached hydrogen (secondary N) is 9. The van der Waals surface area contributed by atoms with Crippen LogP contribution >= 0.6 is 11.8 Å². The van der Waals surface area contributed by atoms with Gasteiger partial charge >= 0.3 is 6.03 Å². The van der Waals surface area contributed by atoms with Gasteiger partial charge in [-0.25, -0.2) is 10.3 Å². The summed E-state index contributed by atoms with van der Waals surface area (Å²) < 4.78 is 0. The van der Waals surface area contributed by atoms with E-state index in [0.717, 1.165) is 25.0 Å². The minimum absolute atomic E-state index is 0.0801. The second-order valence-corrected chi connectivity index (χ2v) is 14.8. The molecule has 21 nitrogen and oxygen atoms in total. The molecule has 10 amide bonds. The van der Waals surface area contributed by atoms with E-state index in [-0.39, 0.29) is 56.3 Å². The Balaban J connectivity index is 1.59. The van der Waals surface area contributed by atoms with Gasteiger partial charge in [-0.3, -0.25) is 43.6 Å². The number of thioether (sulfide) groups is 1. The summed E-state index contributed by atoms with van der Waals surface area (Å²) in [6.07, 6.45) is 4.07. The highest BCUT2D eigenvalue weighted by atomic mass is 32.2. The van der Waals surface area contributed by atoms with Crippen molar-refractivity contribution in [3.63, 3.8) is 0 Å². The molecule has 2 heterocycles. The van der Waals surface area contributed by atoms with Gasteiger partial charge in [0.1, 0.15) is 18.1 Å². The number of urea groups is 1. The number of primary amides is 1. The van der Waals surface area contributed by atoms with Crippen LogP contribution in [0.15, 0.2) is 0 Å². The molecule has 55 heavy (non-hydrogen) atoms. The Kier molecular flexibility index (Phi) is 20.8. The van der Waals surface area contributed by atoms with Crippen LogP contribution in [-0.4, -0.2) is 131 Å². The molecule has 2 rings (SSSR count). The zero-order chi connectivity index (χ0) is 40.9. The highest BCUT2D eigenvalue weighted by Gasteiger charge is 2.42. The van der Waals surface area contributed by atoms with Crippen LogP contribution in [0.1, 0.15) is 78.1 Å². The van der Waals surface area contributed by atoms with Crippen molar-refractivity contribution in [3.05, 3.63) is 0 Å². The lowest BCUT2D eigenvalue weighted by Crippen LogP contribution is -2.53. The summed E-state index contributed by atoms with van der Waals surface area (Å²) in [5, 5.41) is 38.7. The van der Waals surface area contributed by atoms with Crippen molar-refractivity contribution in [1.29, 1.82) is 0 Å². The summed E-state index contributed by atoms with van der Waals surface area (Å²) in [5.74, 6) is -5.28. The molecule has 0 bridgehead atoms. The number of nitrogens with two attached hydrogens (primary N) is 1. The lowest BCUT2D eigenvalue weighted by molar-refractivity contribution is -0.136. The van der Waals surface area contributed by atoms with E-state index in [0.29, 0.717) is 31.1 Å². The first kappa shape index (κ1) is 46.5. The molecule has 2 aliphatic rings. The second kappa shape index (κ2) is 24.7. The third-order valence-corrected chi connectivity index (χ3v) is 10.5. The van der Waals surface area contributed by atoms with E-state index in [9.17, 15) is 43.2 Å². The van der Waals surface area contributed by atoms with E-state index in [1.165, 1.54) is 19.3 Å². The number of aliphatic hydroxyl groups is 1. The molecule has 0 radical (unpaired) electrons. The Morgan fingerprint density at radius 2 is 1.47 bits per heavy atom. The molecule has 0 aromatic heterocycles. The molecule has 0 spiro atoms. The highest BCUT2D eigenvalue weighted by Crippen LogP contribution is 2.33.